The second kappa shape index (κ2) is 10.6. The number of ether oxygens (including phenoxy) is 2. The Labute approximate surface area is 214 Å². The molecule has 8 heteroatoms. The van der Waals surface area contributed by atoms with Gasteiger partial charge in [-0.3, -0.25) is 14.2 Å². The van der Waals surface area contributed by atoms with Crippen LogP contribution in [0.1, 0.15) is 30.5 Å². The molecule has 0 atom stereocenters. The quantitative estimate of drug-likeness (QED) is 0.448. The molecule has 2 aliphatic heterocycles. The Morgan fingerprint density at radius 1 is 1.03 bits per heavy atom. The smallest absolute Gasteiger partial charge is 0.235 e. The number of pyridine rings is 1. The zero-order valence-corrected chi connectivity index (χ0v) is 22.0. The summed E-state index contributed by atoms with van der Waals surface area (Å²) < 4.78 is 38.3. The monoisotopic (exact) mass is 509 g/mol. The van der Waals surface area contributed by atoms with Gasteiger partial charge in [0, 0.05) is 24.2 Å². The van der Waals surface area contributed by atoms with E-state index in [0.717, 1.165) is 66.8 Å². The minimum Gasteiger partial charge on any atom is -0.494 e. The van der Waals surface area contributed by atoms with Crippen molar-refractivity contribution in [3.05, 3.63) is 59.8 Å². The van der Waals surface area contributed by atoms with E-state index < -0.39 is 10.0 Å². The van der Waals surface area contributed by atoms with Gasteiger partial charge < -0.3 is 9.47 Å². The van der Waals surface area contributed by atoms with E-state index in [1.165, 1.54) is 4.31 Å². The van der Waals surface area contributed by atoms with Crippen LogP contribution in [0.4, 0.5) is 5.69 Å². The molecule has 0 aliphatic carbocycles. The summed E-state index contributed by atoms with van der Waals surface area (Å²) in [5, 5.41) is 1.06. The van der Waals surface area contributed by atoms with Gasteiger partial charge in [-0.05, 0) is 87.5 Å². The number of aryl methyl sites for hydroxylation is 1. The molecular weight excluding hydrogens is 474 g/mol. The predicted molar refractivity (Wildman–Crippen MR) is 144 cm³/mol. The molecule has 1 aromatic heterocycles. The van der Waals surface area contributed by atoms with Crippen molar-refractivity contribution in [1.82, 2.24) is 9.88 Å². The molecule has 5 rings (SSSR count). The van der Waals surface area contributed by atoms with Crippen molar-refractivity contribution in [2.75, 3.05) is 50.0 Å². The van der Waals surface area contributed by atoms with Crippen LogP contribution in [0, 0.1) is 12.8 Å². The second-order valence-electron chi connectivity index (χ2n) is 9.82. The Bertz CT molecular complexity index is 1320. The van der Waals surface area contributed by atoms with Gasteiger partial charge in [0.25, 0.3) is 0 Å². The number of methoxy groups -OCH3 is 1. The van der Waals surface area contributed by atoms with Gasteiger partial charge in [-0.2, -0.15) is 0 Å². The third-order valence-electron chi connectivity index (χ3n) is 7.36. The predicted octanol–water partition coefficient (Wildman–Crippen LogP) is 4.43. The fourth-order valence-electron chi connectivity index (χ4n) is 5.44. The first-order valence-corrected chi connectivity index (χ1v) is 14.4. The molecule has 0 amide bonds. The third-order valence-corrected chi connectivity index (χ3v) is 9.22. The number of likely N-dealkylation sites (tertiary alicyclic amines) is 1. The Morgan fingerprint density at radius 3 is 2.58 bits per heavy atom. The molecule has 0 saturated carbocycles. The highest BCUT2D eigenvalue weighted by Crippen LogP contribution is 2.38. The summed E-state index contributed by atoms with van der Waals surface area (Å²) in [6.07, 6.45) is 3.77. The van der Waals surface area contributed by atoms with E-state index in [4.69, 9.17) is 9.47 Å². The van der Waals surface area contributed by atoms with Gasteiger partial charge in [-0.1, -0.05) is 18.2 Å². The van der Waals surface area contributed by atoms with Crippen LogP contribution in [0.15, 0.2) is 48.5 Å². The van der Waals surface area contributed by atoms with Gasteiger partial charge in [0.1, 0.15) is 18.1 Å². The van der Waals surface area contributed by atoms with Gasteiger partial charge in [0.15, 0.2) is 0 Å². The lowest BCUT2D eigenvalue weighted by molar-refractivity contribution is 0.155. The normalized spacial score (nSPS) is 18.6. The van der Waals surface area contributed by atoms with Gasteiger partial charge >= 0.3 is 0 Å². The van der Waals surface area contributed by atoms with E-state index in [9.17, 15) is 8.42 Å². The van der Waals surface area contributed by atoms with E-state index in [1.807, 2.05) is 43.3 Å². The van der Waals surface area contributed by atoms with Crippen molar-refractivity contribution in [3.8, 4) is 11.5 Å². The Kier molecular flexibility index (Phi) is 7.34. The Hall–Kier alpha value is -2.84. The Morgan fingerprint density at radius 2 is 1.83 bits per heavy atom. The van der Waals surface area contributed by atoms with Crippen molar-refractivity contribution in [3.63, 3.8) is 0 Å². The lowest BCUT2D eigenvalue weighted by atomic mass is 9.89. The van der Waals surface area contributed by atoms with Crippen LogP contribution in [0.3, 0.4) is 0 Å². The summed E-state index contributed by atoms with van der Waals surface area (Å²) in [7, 11) is -1.60. The number of anilines is 1. The molecule has 2 saturated heterocycles. The van der Waals surface area contributed by atoms with Crippen molar-refractivity contribution in [1.29, 1.82) is 0 Å². The summed E-state index contributed by atoms with van der Waals surface area (Å²) in [6.45, 7) is 6.14. The van der Waals surface area contributed by atoms with Crippen LogP contribution in [-0.2, 0) is 16.4 Å². The highest BCUT2D eigenvalue weighted by molar-refractivity contribution is 7.93. The zero-order valence-electron chi connectivity index (χ0n) is 21.2. The van der Waals surface area contributed by atoms with Gasteiger partial charge in [-0.25, -0.2) is 8.42 Å². The largest absolute Gasteiger partial charge is 0.494 e. The number of para-hydroxylation sites is 1. The molecule has 0 unspecified atom stereocenters. The third kappa shape index (κ3) is 5.30. The highest BCUT2D eigenvalue weighted by atomic mass is 32.2. The summed E-state index contributed by atoms with van der Waals surface area (Å²) >= 11 is 0. The number of piperidine rings is 1. The molecule has 0 bridgehead atoms. The van der Waals surface area contributed by atoms with E-state index in [-0.39, 0.29) is 5.75 Å². The van der Waals surface area contributed by atoms with Crippen LogP contribution in [0.25, 0.3) is 10.9 Å². The topological polar surface area (TPSA) is 72.0 Å². The summed E-state index contributed by atoms with van der Waals surface area (Å²) in [6, 6.07) is 16.0. The molecule has 2 aromatic carbocycles. The molecule has 3 aromatic rings. The number of hydrogen-bond donors (Lipinski definition) is 0. The number of sulfonamides is 1. The minimum absolute atomic E-state index is 0.208. The molecule has 2 aliphatic rings. The maximum atomic E-state index is 12.5. The average molecular weight is 510 g/mol. The molecule has 2 fully saturated rings. The van der Waals surface area contributed by atoms with Gasteiger partial charge in [-0.15, -0.1) is 0 Å². The average Bonchev–Trinajstić information content (AvgIpc) is 3.23. The van der Waals surface area contributed by atoms with E-state index in [0.29, 0.717) is 36.9 Å². The highest BCUT2D eigenvalue weighted by Gasteiger charge is 2.31. The molecule has 36 heavy (non-hydrogen) atoms. The van der Waals surface area contributed by atoms with Crippen LogP contribution < -0.4 is 13.8 Å². The lowest BCUT2D eigenvalue weighted by Crippen LogP contribution is -2.37. The number of rotatable bonds is 8. The SMILES string of the molecule is COc1c(CC2CCN(CCOc3cccc4nc(C)ccc34)CC2)cccc1N1CCCS1(=O)=O. The summed E-state index contributed by atoms with van der Waals surface area (Å²) in [5.41, 5.74) is 3.75. The van der Waals surface area contributed by atoms with Gasteiger partial charge in [0.2, 0.25) is 10.0 Å². The van der Waals surface area contributed by atoms with Crippen LogP contribution in [0.5, 0.6) is 11.5 Å². The van der Waals surface area contributed by atoms with Crippen molar-refractivity contribution >= 4 is 26.6 Å². The minimum atomic E-state index is -3.24. The van der Waals surface area contributed by atoms with E-state index >= 15 is 0 Å². The summed E-state index contributed by atoms with van der Waals surface area (Å²) in [5.74, 6) is 2.36. The van der Waals surface area contributed by atoms with E-state index in [2.05, 4.69) is 22.0 Å². The Balaban J connectivity index is 1.15. The van der Waals surface area contributed by atoms with Gasteiger partial charge in [0.05, 0.1) is 24.1 Å². The number of nitrogens with zero attached hydrogens (tertiary/aromatic N) is 3. The van der Waals surface area contributed by atoms with Crippen LogP contribution in [0.2, 0.25) is 0 Å². The number of aromatic nitrogens is 1. The molecule has 0 spiro atoms. The maximum Gasteiger partial charge on any atom is 0.235 e. The standard InChI is InChI=1S/C28H35N3O4S/c1-21-10-11-24-25(29-21)7-4-9-27(24)35-18-17-30-15-12-22(13-16-30)20-23-6-3-8-26(28(23)34-2)31-14-5-19-36(31,32)33/h3-4,6-11,22H,5,12-20H2,1-2H3. The molecule has 3 heterocycles. The maximum absolute atomic E-state index is 12.5. The first-order valence-electron chi connectivity index (χ1n) is 12.8. The first kappa shape index (κ1) is 24.8. The number of hydrogen-bond acceptors (Lipinski definition) is 6. The van der Waals surface area contributed by atoms with Crippen molar-refractivity contribution in [2.24, 2.45) is 5.92 Å². The zero-order chi connectivity index (χ0) is 25.1. The molecule has 0 radical (unpaired) electrons. The van der Waals surface area contributed by atoms with Crippen LogP contribution >= 0.6 is 0 Å². The van der Waals surface area contributed by atoms with Crippen molar-refractivity contribution in [2.45, 2.75) is 32.6 Å². The molecular formula is C28H35N3O4S. The van der Waals surface area contributed by atoms with E-state index in [1.54, 1.807) is 7.11 Å². The fourth-order valence-corrected chi connectivity index (χ4v) is 7.00. The van der Waals surface area contributed by atoms with Crippen LogP contribution in [-0.4, -0.2) is 64.0 Å². The molecule has 192 valence electrons. The number of fused-ring (bicyclic) bond motifs is 1. The molecule has 7 nitrogen and oxygen atoms in total. The first-order chi connectivity index (χ1) is 17.4. The second-order valence-corrected chi connectivity index (χ2v) is 11.8. The molecule has 0 N–H and O–H groups in total. The van der Waals surface area contributed by atoms with Crippen molar-refractivity contribution < 1.29 is 17.9 Å². The lowest BCUT2D eigenvalue weighted by Gasteiger charge is -2.32. The fraction of sp³-hybridized carbons (Fsp3) is 0.464. The summed E-state index contributed by atoms with van der Waals surface area (Å²) in [4.78, 5) is 7.06. The number of benzene rings is 2.